The van der Waals surface area contributed by atoms with Crippen molar-refractivity contribution in [3.63, 3.8) is 0 Å². The van der Waals surface area contributed by atoms with Gasteiger partial charge in [0, 0.05) is 11.6 Å². The molecule has 1 unspecified atom stereocenters. The molecule has 1 aromatic carbocycles. The smallest absolute Gasteiger partial charge is 0.326 e. The number of nitrogens with one attached hydrogen (secondary N) is 2. The average Bonchev–Trinajstić information content (AvgIpc) is 3.30. The Balaban J connectivity index is 2.24. The summed E-state index contributed by atoms with van der Waals surface area (Å²) in [5, 5.41) is 11.6. The first-order chi connectivity index (χ1) is 11.2. The van der Waals surface area contributed by atoms with Gasteiger partial charge >= 0.3 is 5.97 Å². The van der Waals surface area contributed by atoms with Crippen LogP contribution in [0.5, 0.6) is 0 Å². The molecule has 7 nitrogen and oxygen atoms in total. The number of aryl methyl sites for hydroxylation is 1. The number of carbonyl (C=O) groups is 2. The van der Waals surface area contributed by atoms with Gasteiger partial charge in [0.25, 0.3) is 5.91 Å². The Bertz CT molecular complexity index is 741. The van der Waals surface area contributed by atoms with Gasteiger partial charge in [0.1, 0.15) is 6.04 Å². The number of amides is 1. The zero-order valence-electron chi connectivity index (χ0n) is 13.7. The number of carboxylic acids is 1. The number of hydrogen-bond donors (Lipinski definition) is 3. The first kappa shape index (κ1) is 18.4. The molecule has 3 N–H and O–H groups in total. The van der Waals surface area contributed by atoms with Crippen molar-refractivity contribution in [3.05, 3.63) is 29.3 Å². The quantitative estimate of drug-likeness (QED) is 0.653. The van der Waals surface area contributed by atoms with E-state index in [1.807, 2.05) is 6.92 Å². The van der Waals surface area contributed by atoms with E-state index in [1.165, 1.54) is 12.1 Å². The van der Waals surface area contributed by atoms with Crippen molar-refractivity contribution < 1.29 is 23.1 Å². The molecule has 2 rings (SSSR count). The minimum absolute atomic E-state index is 0.00696. The summed E-state index contributed by atoms with van der Waals surface area (Å²) in [5.74, 6) is -1.70. The fourth-order valence-electron chi connectivity index (χ4n) is 2.28. The molecule has 0 bridgehead atoms. The lowest BCUT2D eigenvalue weighted by Crippen LogP contribution is -2.41. The Labute approximate surface area is 141 Å². The number of rotatable bonds is 8. The third kappa shape index (κ3) is 4.55. The number of carbonyl (C=O) groups excluding carboxylic acids is 1. The third-order valence-electron chi connectivity index (χ3n) is 3.84. The van der Waals surface area contributed by atoms with Crippen molar-refractivity contribution in [3.8, 4) is 0 Å². The van der Waals surface area contributed by atoms with Gasteiger partial charge in [-0.1, -0.05) is 19.4 Å². The molecule has 1 aromatic rings. The van der Waals surface area contributed by atoms with Gasteiger partial charge in [0.05, 0.1) is 4.90 Å². The van der Waals surface area contributed by atoms with Crippen molar-refractivity contribution in [2.75, 3.05) is 0 Å². The number of hydrogen-bond acceptors (Lipinski definition) is 4. The molecule has 0 aliphatic heterocycles. The Morgan fingerprint density at radius 3 is 2.54 bits per heavy atom. The second-order valence-corrected chi connectivity index (χ2v) is 7.74. The molecule has 1 fully saturated rings. The van der Waals surface area contributed by atoms with Gasteiger partial charge in [-0.05, 0) is 43.9 Å². The Morgan fingerprint density at radius 1 is 1.33 bits per heavy atom. The molecule has 1 saturated carbocycles. The Kier molecular flexibility index (Phi) is 5.61. The number of aliphatic carboxylic acids is 1. The summed E-state index contributed by atoms with van der Waals surface area (Å²) in [6.45, 7) is 3.50. The minimum Gasteiger partial charge on any atom is -0.480 e. The van der Waals surface area contributed by atoms with Crippen LogP contribution in [0.4, 0.5) is 0 Å². The van der Waals surface area contributed by atoms with Crippen LogP contribution in [0.25, 0.3) is 0 Å². The normalized spacial score (nSPS) is 15.8. The summed E-state index contributed by atoms with van der Waals surface area (Å²) in [4.78, 5) is 23.6. The molecule has 1 aliphatic rings. The van der Waals surface area contributed by atoms with E-state index in [4.69, 9.17) is 5.11 Å². The van der Waals surface area contributed by atoms with Gasteiger partial charge in [-0.2, -0.15) is 0 Å². The molecular weight excluding hydrogens is 332 g/mol. The Hall–Kier alpha value is -1.93. The van der Waals surface area contributed by atoms with E-state index in [2.05, 4.69) is 10.0 Å². The van der Waals surface area contributed by atoms with Gasteiger partial charge in [-0.3, -0.25) is 4.79 Å². The van der Waals surface area contributed by atoms with Gasteiger partial charge in [-0.15, -0.1) is 0 Å². The molecule has 0 saturated heterocycles. The van der Waals surface area contributed by atoms with E-state index in [-0.39, 0.29) is 16.5 Å². The maximum Gasteiger partial charge on any atom is 0.326 e. The SMILES string of the molecule is CCCC(NC(=O)c1cc(S(=O)(=O)NC2CC2)ccc1C)C(=O)O. The third-order valence-corrected chi connectivity index (χ3v) is 5.36. The predicted octanol–water partition coefficient (Wildman–Crippen LogP) is 1.42. The fraction of sp³-hybridized carbons (Fsp3) is 0.500. The molecule has 1 atom stereocenters. The second-order valence-electron chi connectivity index (χ2n) is 6.03. The van der Waals surface area contributed by atoms with Crippen LogP contribution in [-0.4, -0.2) is 37.5 Å². The van der Waals surface area contributed by atoms with Crippen LogP contribution < -0.4 is 10.0 Å². The molecule has 1 aliphatic carbocycles. The highest BCUT2D eigenvalue weighted by Crippen LogP contribution is 2.23. The van der Waals surface area contributed by atoms with Gasteiger partial charge < -0.3 is 10.4 Å². The maximum atomic E-state index is 12.4. The lowest BCUT2D eigenvalue weighted by atomic mass is 10.1. The van der Waals surface area contributed by atoms with Crippen molar-refractivity contribution in [1.29, 1.82) is 0 Å². The van der Waals surface area contributed by atoms with Crippen LogP contribution in [0.1, 0.15) is 48.5 Å². The van der Waals surface area contributed by atoms with Crippen molar-refractivity contribution in [2.24, 2.45) is 0 Å². The highest BCUT2D eigenvalue weighted by molar-refractivity contribution is 7.89. The van der Waals surface area contributed by atoms with Crippen LogP contribution in [0.3, 0.4) is 0 Å². The summed E-state index contributed by atoms with van der Waals surface area (Å²) < 4.78 is 27.1. The summed E-state index contributed by atoms with van der Waals surface area (Å²) >= 11 is 0. The summed E-state index contributed by atoms with van der Waals surface area (Å²) in [6, 6.07) is 3.25. The standard InChI is InChI=1S/C16H22N2O5S/c1-3-4-14(16(20)21)17-15(19)13-9-12(8-5-10(13)2)24(22,23)18-11-6-7-11/h5,8-9,11,14,18H,3-4,6-7H2,1-2H3,(H,17,19)(H,20,21). The van der Waals surface area contributed by atoms with E-state index in [1.54, 1.807) is 13.0 Å². The lowest BCUT2D eigenvalue weighted by Gasteiger charge is -2.15. The van der Waals surface area contributed by atoms with E-state index >= 15 is 0 Å². The predicted molar refractivity (Wildman–Crippen MR) is 88.3 cm³/mol. The first-order valence-corrected chi connectivity index (χ1v) is 9.39. The molecule has 0 radical (unpaired) electrons. The molecule has 8 heteroatoms. The van der Waals surface area contributed by atoms with Crippen molar-refractivity contribution in [2.45, 2.75) is 56.5 Å². The van der Waals surface area contributed by atoms with E-state index in [9.17, 15) is 18.0 Å². The summed E-state index contributed by atoms with van der Waals surface area (Å²) in [7, 11) is -3.67. The summed E-state index contributed by atoms with van der Waals surface area (Å²) in [5.41, 5.74) is 0.745. The fourth-order valence-corrected chi connectivity index (χ4v) is 3.61. The lowest BCUT2D eigenvalue weighted by molar-refractivity contribution is -0.139. The molecule has 132 valence electrons. The van der Waals surface area contributed by atoms with Crippen LogP contribution >= 0.6 is 0 Å². The largest absolute Gasteiger partial charge is 0.480 e. The maximum absolute atomic E-state index is 12.4. The highest BCUT2D eigenvalue weighted by Gasteiger charge is 2.29. The van der Waals surface area contributed by atoms with Crippen LogP contribution in [-0.2, 0) is 14.8 Å². The van der Waals surface area contributed by atoms with E-state index < -0.39 is 27.9 Å². The van der Waals surface area contributed by atoms with Crippen LogP contribution in [0.2, 0.25) is 0 Å². The number of benzene rings is 1. The summed E-state index contributed by atoms with van der Waals surface area (Å²) in [6.07, 6.45) is 2.54. The Morgan fingerprint density at radius 2 is 2.00 bits per heavy atom. The van der Waals surface area contributed by atoms with Gasteiger partial charge in [0.2, 0.25) is 10.0 Å². The number of sulfonamides is 1. The van der Waals surface area contributed by atoms with Crippen LogP contribution in [0, 0.1) is 6.92 Å². The first-order valence-electron chi connectivity index (χ1n) is 7.91. The molecule has 1 amide bonds. The molecular formula is C16H22N2O5S. The minimum atomic E-state index is -3.67. The van der Waals surface area contributed by atoms with E-state index in [0.29, 0.717) is 18.4 Å². The van der Waals surface area contributed by atoms with Crippen molar-refractivity contribution >= 4 is 21.9 Å². The highest BCUT2D eigenvalue weighted by atomic mass is 32.2. The zero-order valence-corrected chi connectivity index (χ0v) is 14.5. The molecule has 0 aromatic heterocycles. The van der Waals surface area contributed by atoms with Gasteiger partial charge in [-0.25, -0.2) is 17.9 Å². The molecule has 24 heavy (non-hydrogen) atoms. The number of carboxylic acid groups (broad SMARTS) is 1. The molecule has 0 heterocycles. The monoisotopic (exact) mass is 354 g/mol. The van der Waals surface area contributed by atoms with Crippen LogP contribution in [0.15, 0.2) is 23.1 Å². The topological polar surface area (TPSA) is 113 Å². The average molecular weight is 354 g/mol. The van der Waals surface area contributed by atoms with Gasteiger partial charge in [0.15, 0.2) is 0 Å². The van der Waals surface area contributed by atoms with E-state index in [0.717, 1.165) is 12.8 Å². The second kappa shape index (κ2) is 7.31. The molecule has 0 spiro atoms. The zero-order chi connectivity index (χ0) is 17.9. The van der Waals surface area contributed by atoms with Crippen molar-refractivity contribution in [1.82, 2.24) is 10.0 Å².